The van der Waals surface area contributed by atoms with Gasteiger partial charge in [-0.1, -0.05) is 72.5 Å². The first-order valence-electron chi connectivity index (χ1n) is 8.07. The van der Waals surface area contributed by atoms with Crippen molar-refractivity contribution in [2.24, 2.45) is 11.3 Å². The summed E-state index contributed by atoms with van der Waals surface area (Å²) in [5, 5.41) is 0. The maximum absolute atomic E-state index is 2.39. The average molecular weight is 252 g/mol. The van der Waals surface area contributed by atoms with Crippen molar-refractivity contribution in [3.8, 4) is 0 Å². The SMILES string of the molecule is CC(C)CCC/C=C\CCCCCCC(C)(C)C. The summed E-state index contributed by atoms with van der Waals surface area (Å²) < 4.78 is 0. The summed E-state index contributed by atoms with van der Waals surface area (Å²) in [5.74, 6) is 0.862. The van der Waals surface area contributed by atoms with Crippen LogP contribution in [0.25, 0.3) is 0 Å². The van der Waals surface area contributed by atoms with Crippen molar-refractivity contribution in [3.63, 3.8) is 0 Å². The van der Waals surface area contributed by atoms with Crippen LogP contribution in [0.3, 0.4) is 0 Å². The van der Waals surface area contributed by atoms with Crippen LogP contribution in [-0.2, 0) is 0 Å². The van der Waals surface area contributed by atoms with Gasteiger partial charge < -0.3 is 0 Å². The molecule has 0 bridgehead atoms. The van der Waals surface area contributed by atoms with Crippen LogP contribution >= 0.6 is 0 Å². The lowest BCUT2D eigenvalue weighted by Gasteiger charge is -2.17. The van der Waals surface area contributed by atoms with E-state index in [0.717, 1.165) is 5.92 Å². The molecular formula is C18H36. The highest BCUT2D eigenvalue weighted by atomic mass is 14.1. The Labute approximate surface area is 116 Å². The maximum atomic E-state index is 2.39. The van der Waals surface area contributed by atoms with E-state index in [1.54, 1.807) is 0 Å². The predicted octanol–water partition coefficient (Wildman–Crippen LogP) is 6.76. The molecule has 0 heteroatoms. The van der Waals surface area contributed by atoms with E-state index in [1.807, 2.05) is 0 Å². The second kappa shape index (κ2) is 10.6. The third kappa shape index (κ3) is 15.7. The topological polar surface area (TPSA) is 0 Å². The molecule has 0 saturated heterocycles. The average Bonchev–Trinajstić information content (AvgIpc) is 2.24. The fourth-order valence-corrected chi connectivity index (χ4v) is 2.15. The quantitative estimate of drug-likeness (QED) is 0.298. The minimum Gasteiger partial charge on any atom is -0.0885 e. The Bertz CT molecular complexity index is 193. The number of rotatable bonds is 10. The minimum absolute atomic E-state index is 0.524. The van der Waals surface area contributed by atoms with Gasteiger partial charge in [0.1, 0.15) is 0 Å². The standard InChI is InChI=1S/C18H36/c1-17(2)15-13-11-9-7-6-8-10-12-14-16-18(3,4)5/h7,9,17H,6,8,10-16H2,1-5H3/b9-7-. The summed E-state index contributed by atoms with van der Waals surface area (Å²) in [4.78, 5) is 0. The van der Waals surface area contributed by atoms with E-state index in [4.69, 9.17) is 0 Å². The van der Waals surface area contributed by atoms with Crippen molar-refractivity contribution in [2.45, 2.75) is 92.4 Å². The normalized spacial score (nSPS) is 12.8. The zero-order valence-electron chi connectivity index (χ0n) is 13.6. The van der Waals surface area contributed by atoms with Crippen LogP contribution in [-0.4, -0.2) is 0 Å². The number of allylic oxidation sites excluding steroid dienone is 2. The van der Waals surface area contributed by atoms with Gasteiger partial charge in [0, 0.05) is 0 Å². The molecule has 0 unspecified atom stereocenters. The minimum atomic E-state index is 0.524. The molecule has 0 aliphatic heterocycles. The molecule has 0 saturated carbocycles. The lowest BCUT2D eigenvalue weighted by molar-refractivity contribution is 0.357. The first-order chi connectivity index (χ1) is 8.42. The molecule has 0 aliphatic carbocycles. The van der Waals surface area contributed by atoms with Crippen LogP contribution < -0.4 is 0 Å². The first-order valence-corrected chi connectivity index (χ1v) is 8.07. The molecule has 0 amide bonds. The second-order valence-corrected chi connectivity index (χ2v) is 7.31. The van der Waals surface area contributed by atoms with E-state index < -0.39 is 0 Å². The highest BCUT2D eigenvalue weighted by Gasteiger charge is 2.08. The molecule has 108 valence electrons. The highest BCUT2D eigenvalue weighted by Crippen LogP contribution is 2.22. The van der Waals surface area contributed by atoms with Crippen molar-refractivity contribution < 1.29 is 0 Å². The molecule has 0 aromatic heterocycles. The van der Waals surface area contributed by atoms with Crippen LogP contribution in [0.4, 0.5) is 0 Å². The molecule has 0 N–H and O–H groups in total. The fraction of sp³-hybridized carbons (Fsp3) is 0.889. The molecule has 0 aromatic carbocycles. The van der Waals surface area contributed by atoms with Gasteiger partial charge in [-0.15, -0.1) is 0 Å². The summed E-state index contributed by atoms with van der Waals surface area (Å²) in [6, 6.07) is 0. The highest BCUT2D eigenvalue weighted by molar-refractivity contribution is 4.81. The van der Waals surface area contributed by atoms with E-state index in [9.17, 15) is 0 Å². The molecule has 0 heterocycles. The zero-order chi connectivity index (χ0) is 13.9. The van der Waals surface area contributed by atoms with Gasteiger partial charge in [0.25, 0.3) is 0 Å². The second-order valence-electron chi connectivity index (χ2n) is 7.31. The molecule has 0 fully saturated rings. The summed E-state index contributed by atoms with van der Waals surface area (Å²) in [6.07, 6.45) is 17.1. The Balaban J connectivity index is 3.18. The summed E-state index contributed by atoms with van der Waals surface area (Å²) in [6.45, 7) is 11.6. The van der Waals surface area contributed by atoms with E-state index in [2.05, 4.69) is 46.8 Å². The summed E-state index contributed by atoms with van der Waals surface area (Å²) in [7, 11) is 0. The third-order valence-corrected chi connectivity index (χ3v) is 3.37. The summed E-state index contributed by atoms with van der Waals surface area (Å²) in [5.41, 5.74) is 0.524. The number of hydrogen-bond acceptors (Lipinski definition) is 0. The van der Waals surface area contributed by atoms with Crippen LogP contribution in [0.5, 0.6) is 0 Å². The Morgan fingerprint density at radius 2 is 1.33 bits per heavy atom. The number of hydrogen-bond donors (Lipinski definition) is 0. The molecule has 0 spiro atoms. The Kier molecular flexibility index (Phi) is 10.5. The van der Waals surface area contributed by atoms with Crippen molar-refractivity contribution in [3.05, 3.63) is 12.2 Å². The molecule has 0 aromatic rings. The lowest BCUT2D eigenvalue weighted by atomic mass is 9.89. The van der Waals surface area contributed by atoms with Crippen molar-refractivity contribution >= 4 is 0 Å². The molecule has 0 nitrogen and oxygen atoms in total. The zero-order valence-corrected chi connectivity index (χ0v) is 13.6. The maximum Gasteiger partial charge on any atom is -0.0351 e. The first kappa shape index (κ1) is 17.7. The Hall–Kier alpha value is -0.260. The van der Waals surface area contributed by atoms with Gasteiger partial charge in [0.15, 0.2) is 0 Å². The van der Waals surface area contributed by atoms with Crippen molar-refractivity contribution in [1.82, 2.24) is 0 Å². The largest absolute Gasteiger partial charge is 0.0885 e. The lowest BCUT2D eigenvalue weighted by Crippen LogP contribution is -2.03. The van der Waals surface area contributed by atoms with Crippen LogP contribution in [0, 0.1) is 11.3 Å². The van der Waals surface area contributed by atoms with Crippen LogP contribution in [0.15, 0.2) is 12.2 Å². The van der Waals surface area contributed by atoms with Crippen LogP contribution in [0.1, 0.15) is 92.4 Å². The van der Waals surface area contributed by atoms with Crippen molar-refractivity contribution in [1.29, 1.82) is 0 Å². The smallest absolute Gasteiger partial charge is 0.0351 e. The Morgan fingerprint density at radius 3 is 1.89 bits per heavy atom. The molecule has 0 atom stereocenters. The molecule has 0 radical (unpaired) electrons. The third-order valence-electron chi connectivity index (χ3n) is 3.37. The molecular weight excluding hydrogens is 216 g/mol. The fourth-order valence-electron chi connectivity index (χ4n) is 2.15. The van der Waals surface area contributed by atoms with E-state index in [-0.39, 0.29) is 0 Å². The predicted molar refractivity (Wildman–Crippen MR) is 85.0 cm³/mol. The van der Waals surface area contributed by atoms with Gasteiger partial charge in [-0.25, -0.2) is 0 Å². The van der Waals surface area contributed by atoms with E-state index >= 15 is 0 Å². The molecule has 0 aliphatic rings. The van der Waals surface area contributed by atoms with E-state index in [0.29, 0.717) is 5.41 Å². The molecule has 18 heavy (non-hydrogen) atoms. The Morgan fingerprint density at radius 1 is 0.778 bits per heavy atom. The van der Waals surface area contributed by atoms with Crippen LogP contribution in [0.2, 0.25) is 0 Å². The van der Waals surface area contributed by atoms with Gasteiger partial charge in [-0.3, -0.25) is 0 Å². The molecule has 0 rings (SSSR count). The summed E-state index contributed by atoms with van der Waals surface area (Å²) >= 11 is 0. The van der Waals surface area contributed by atoms with Gasteiger partial charge in [0.2, 0.25) is 0 Å². The van der Waals surface area contributed by atoms with Gasteiger partial charge in [0.05, 0.1) is 0 Å². The number of unbranched alkanes of at least 4 members (excludes halogenated alkanes) is 5. The van der Waals surface area contributed by atoms with Crippen molar-refractivity contribution in [2.75, 3.05) is 0 Å². The van der Waals surface area contributed by atoms with Gasteiger partial charge >= 0.3 is 0 Å². The van der Waals surface area contributed by atoms with Gasteiger partial charge in [-0.2, -0.15) is 0 Å². The van der Waals surface area contributed by atoms with Gasteiger partial charge in [-0.05, 0) is 43.4 Å². The monoisotopic (exact) mass is 252 g/mol. The van der Waals surface area contributed by atoms with E-state index in [1.165, 1.54) is 57.8 Å².